The van der Waals surface area contributed by atoms with Crippen molar-refractivity contribution in [3.8, 4) is 11.5 Å². The highest BCUT2D eigenvalue weighted by Crippen LogP contribution is 2.46. The van der Waals surface area contributed by atoms with E-state index in [1.54, 1.807) is 39.0 Å². The van der Waals surface area contributed by atoms with E-state index in [1.807, 2.05) is 19.1 Å². The SMILES string of the molecule is CCC(C)S(=O)(=O)NC(=O)C12CCC1C=CCCCCCC(NC(=O)OC(C)C)C(=O)N1CC3(CCc4c(c(C)nc5ccc(O)cc45)O3)CC1C(=O)N2. The zero-order valence-electron chi connectivity index (χ0n) is 31.8. The minimum absolute atomic E-state index is 0.0171. The highest BCUT2D eigenvalue weighted by molar-refractivity contribution is 7.90. The van der Waals surface area contributed by atoms with E-state index in [1.165, 1.54) is 11.8 Å². The number of fused-ring (bicyclic) bond motifs is 5. The van der Waals surface area contributed by atoms with Gasteiger partial charge in [0.1, 0.15) is 34.7 Å². The van der Waals surface area contributed by atoms with Gasteiger partial charge < -0.3 is 30.1 Å². The monoisotopic (exact) mass is 767 g/mol. The Balaban J connectivity index is 1.38. The highest BCUT2D eigenvalue weighted by Gasteiger charge is 2.58. The zero-order valence-corrected chi connectivity index (χ0v) is 32.6. The Morgan fingerprint density at radius 1 is 1.15 bits per heavy atom. The number of ether oxygens (including phenoxy) is 2. The summed E-state index contributed by atoms with van der Waals surface area (Å²) in [4.78, 5) is 62.5. The van der Waals surface area contributed by atoms with Crippen molar-refractivity contribution in [1.29, 1.82) is 0 Å². The normalized spacial score (nSPS) is 28.0. The van der Waals surface area contributed by atoms with Crippen molar-refractivity contribution in [2.75, 3.05) is 6.54 Å². The third kappa shape index (κ3) is 7.74. The molecular formula is C39H53N5O9S. The third-order valence-electron chi connectivity index (χ3n) is 11.6. The lowest BCUT2D eigenvalue weighted by molar-refractivity contribution is -0.144. The summed E-state index contributed by atoms with van der Waals surface area (Å²) in [7, 11) is -4.03. The fourth-order valence-corrected chi connectivity index (χ4v) is 9.28. The Morgan fingerprint density at radius 2 is 1.93 bits per heavy atom. The summed E-state index contributed by atoms with van der Waals surface area (Å²) < 4.78 is 40.7. The molecule has 1 spiro atoms. The quantitative estimate of drug-likeness (QED) is 0.306. The maximum absolute atomic E-state index is 14.7. The van der Waals surface area contributed by atoms with E-state index in [9.17, 15) is 32.7 Å². The molecule has 294 valence electrons. The Labute approximate surface area is 316 Å². The summed E-state index contributed by atoms with van der Waals surface area (Å²) in [5.41, 5.74) is -0.371. The van der Waals surface area contributed by atoms with Crippen LogP contribution in [0.2, 0.25) is 0 Å². The molecule has 4 heterocycles. The van der Waals surface area contributed by atoms with Gasteiger partial charge in [0, 0.05) is 23.3 Å². The average molecular weight is 768 g/mol. The Hall–Kier alpha value is -4.40. The number of carbonyl (C=O) groups is 4. The molecule has 0 bridgehead atoms. The van der Waals surface area contributed by atoms with Gasteiger partial charge in [-0.05, 0) is 97.3 Å². The summed E-state index contributed by atoms with van der Waals surface area (Å²) in [5, 5.41) is 15.9. The molecule has 2 aromatic rings. The smallest absolute Gasteiger partial charge is 0.408 e. The second-order valence-electron chi connectivity index (χ2n) is 15.7. The molecule has 0 radical (unpaired) electrons. The molecule has 1 aromatic carbocycles. The second-order valence-corrected chi connectivity index (χ2v) is 17.8. The summed E-state index contributed by atoms with van der Waals surface area (Å²) in [6.45, 7) is 8.51. The van der Waals surface area contributed by atoms with Crippen molar-refractivity contribution in [3.63, 3.8) is 0 Å². The number of allylic oxidation sites excluding steroid dienone is 1. The van der Waals surface area contributed by atoms with Gasteiger partial charge in [-0.25, -0.2) is 18.2 Å². The fourth-order valence-electron chi connectivity index (χ4n) is 8.20. The lowest BCUT2D eigenvalue weighted by atomic mass is 9.65. The highest BCUT2D eigenvalue weighted by atomic mass is 32.2. The number of aromatic hydroxyl groups is 1. The van der Waals surface area contributed by atoms with Gasteiger partial charge in [-0.15, -0.1) is 0 Å². The molecule has 6 rings (SSSR count). The number of phenolic OH excluding ortho intramolecular Hbond substituents is 1. The van der Waals surface area contributed by atoms with Crippen molar-refractivity contribution in [2.45, 2.75) is 140 Å². The zero-order chi connectivity index (χ0) is 39.0. The number of nitrogens with zero attached hydrogens (tertiary/aromatic N) is 2. The molecule has 6 atom stereocenters. The van der Waals surface area contributed by atoms with Crippen LogP contribution in [0.3, 0.4) is 0 Å². The van der Waals surface area contributed by atoms with Gasteiger partial charge in [0.15, 0.2) is 0 Å². The average Bonchev–Trinajstić information content (AvgIpc) is 3.47. The number of sulfonamides is 1. The van der Waals surface area contributed by atoms with Gasteiger partial charge in [-0.3, -0.25) is 19.1 Å². The minimum Gasteiger partial charge on any atom is -0.508 e. The minimum atomic E-state index is -4.03. The predicted molar refractivity (Wildman–Crippen MR) is 201 cm³/mol. The van der Waals surface area contributed by atoms with Crippen LogP contribution in [0.4, 0.5) is 4.79 Å². The van der Waals surface area contributed by atoms with Gasteiger partial charge >= 0.3 is 6.09 Å². The van der Waals surface area contributed by atoms with E-state index in [4.69, 9.17) is 14.5 Å². The molecule has 6 unspecified atom stereocenters. The molecule has 15 heteroatoms. The first kappa shape index (κ1) is 39.3. The van der Waals surface area contributed by atoms with Crippen LogP contribution < -0.4 is 20.1 Å². The molecule has 3 aliphatic heterocycles. The predicted octanol–water partition coefficient (Wildman–Crippen LogP) is 4.45. The first-order valence-electron chi connectivity index (χ1n) is 19.2. The van der Waals surface area contributed by atoms with Gasteiger partial charge in [0.2, 0.25) is 21.8 Å². The van der Waals surface area contributed by atoms with Crippen LogP contribution in [-0.4, -0.2) is 88.3 Å². The third-order valence-corrected chi connectivity index (χ3v) is 13.4. The van der Waals surface area contributed by atoms with Crippen molar-refractivity contribution in [1.82, 2.24) is 25.2 Å². The van der Waals surface area contributed by atoms with Crippen LogP contribution in [0, 0.1) is 12.8 Å². The van der Waals surface area contributed by atoms with Crippen LogP contribution in [0.25, 0.3) is 10.9 Å². The Bertz CT molecular complexity index is 1950. The van der Waals surface area contributed by atoms with Gasteiger partial charge in [-0.2, -0.15) is 0 Å². The van der Waals surface area contributed by atoms with Gasteiger partial charge in [0.05, 0.1) is 29.1 Å². The molecular weight excluding hydrogens is 715 g/mol. The van der Waals surface area contributed by atoms with Crippen LogP contribution in [0.15, 0.2) is 30.4 Å². The maximum Gasteiger partial charge on any atom is 0.408 e. The molecule has 4 amide bonds. The summed E-state index contributed by atoms with van der Waals surface area (Å²) in [6, 6.07) is 2.86. The number of hydrogen-bond acceptors (Lipinski definition) is 10. The molecule has 4 aliphatic rings. The molecule has 14 nitrogen and oxygen atoms in total. The largest absolute Gasteiger partial charge is 0.508 e. The van der Waals surface area contributed by atoms with Crippen molar-refractivity contribution in [2.24, 2.45) is 5.92 Å². The van der Waals surface area contributed by atoms with Crippen LogP contribution in [0.1, 0.15) is 103 Å². The molecule has 1 saturated heterocycles. The number of nitrogens with one attached hydrogen (secondary N) is 3. The number of aromatic nitrogens is 1. The number of alkyl carbamates (subject to hydrolysis) is 1. The van der Waals surface area contributed by atoms with Crippen molar-refractivity contribution >= 4 is 44.7 Å². The standard InChI is InChI=1S/C39H53N5O9S/c1-6-24(4)54(50,51)43-36(48)39-19-16-26(39)12-10-8-7-9-11-13-31(41-37(49)52-23(2)3)35(47)44-22-38(21-32(44)34(46)42-39)18-17-28-29-20-27(45)14-15-30(29)40-25(5)33(28)53-38/h10,12,14-15,20,23-24,26,31-32,45H,6-9,11,13,16-19,21-22H2,1-5H3,(H,41,49)(H,42,46)(H,43,48). The topological polar surface area (TPSA) is 193 Å². The van der Waals surface area contributed by atoms with Gasteiger partial charge in [-0.1, -0.05) is 31.9 Å². The van der Waals surface area contributed by atoms with E-state index in [0.29, 0.717) is 61.9 Å². The van der Waals surface area contributed by atoms with Crippen molar-refractivity contribution in [3.05, 3.63) is 41.6 Å². The number of amides is 4. The lowest BCUT2D eigenvalue weighted by Crippen LogP contribution is -2.70. The fraction of sp³-hybridized carbons (Fsp3) is 0.615. The Morgan fingerprint density at radius 3 is 2.63 bits per heavy atom. The number of hydrogen-bond donors (Lipinski definition) is 4. The van der Waals surface area contributed by atoms with Gasteiger partial charge in [0.25, 0.3) is 5.91 Å². The van der Waals surface area contributed by atoms with Crippen LogP contribution in [0.5, 0.6) is 11.5 Å². The summed E-state index contributed by atoms with van der Waals surface area (Å²) >= 11 is 0. The maximum atomic E-state index is 14.7. The number of carbonyl (C=O) groups excluding carboxylic acids is 4. The molecule has 54 heavy (non-hydrogen) atoms. The molecule has 2 fully saturated rings. The van der Waals surface area contributed by atoms with E-state index >= 15 is 0 Å². The number of benzene rings is 1. The first-order chi connectivity index (χ1) is 25.6. The van der Waals surface area contributed by atoms with E-state index in [2.05, 4.69) is 15.4 Å². The number of aryl methyl sites for hydroxylation is 2. The lowest BCUT2D eigenvalue weighted by Gasteiger charge is -2.47. The van der Waals surface area contributed by atoms with Crippen LogP contribution >= 0.6 is 0 Å². The van der Waals surface area contributed by atoms with E-state index in [-0.39, 0.29) is 25.1 Å². The number of rotatable bonds is 6. The Kier molecular flexibility index (Phi) is 11.2. The molecule has 1 saturated carbocycles. The summed E-state index contributed by atoms with van der Waals surface area (Å²) in [6.07, 6.45) is 7.96. The van der Waals surface area contributed by atoms with E-state index < -0.39 is 74.3 Å². The molecule has 1 aromatic heterocycles. The van der Waals surface area contributed by atoms with E-state index in [0.717, 1.165) is 23.8 Å². The summed E-state index contributed by atoms with van der Waals surface area (Å²) in [5.74, 6) is -1.73. The number of pyridine rings is 1. The number of phenols is 1. The van der Waals surface area contributed by atoms with Crippen LogP contribution in [-0.2, 0) is 35.6 Å². The molecule has 4 N–H and O–H groups in total. The van der Waals surface area contributed by atoms with Crippen molar-refractivity contribution < 1.29 is 42.2 Å². The first-order valence-corrected chi connectivity index (χ1v) is 20.8. The second kappa shape index (κ2) is 15.4. The molecule has 1 aliphatic carbocycles.